The highest BCUT2D eigenvalue weighted by Crippen LogP contribution is 2.28. The van der Waals surface area contributed by atoms with Gasteiger partial charge in [-0.05, 0) is 38.5 Å². The summed E-state index contributed by atoms with van der Waals surface area (Å²) < 4.78 is 0. The number of nitrogens with zero attached hydrogens (tertiary/aromatic N) is 1. The summed E-state index contributed by atoms with van der Waals surface area (Å²) in [6, 6.07) is 0. The molecule has 44 heavy (non-hydrogen) atoms. The molecule has 12 nitrogen and oxygen atoms in total. The van der Waals surface area contributed by atoms with Crippen LogP contribution in [0.5, 0.6) is 0 Å². The Morgan fingerprint density at radius 2 is 1.20 bits per heavy atom. The zero-order valence-electron chi connectivity index (χ0n) is 27.1. The van der Waals surface area contributed by atoms with Crippen molar-refractivity contribution in [1.82, 2.24) is 0 Å². The van der Waals surface area contributed by atoms with E-state index in [1.165, 1.54) is 6.92 Å². The third-order valence-corrected chi connectivity index (χ3v) is 7.82. The predicted octanol–water partition coefficient (Wildman–Crippen LogP) is 2.24. The minimum atomic E-state index is -0.896. The molecule has 7 N–H and O–H groups in total. The maximum Gasteiger partial charge on any atom is 0.217 e. The van der Waals surface area contributed by atoms with Crippen LogP contribution in [0, 0.1) is 35.5 Å². The van der Waals surface area contributed by atoms with Crippen molar-refractivity contribution in [2.45, 2.75) is 105 Å². The van der Waals surface area contributed by atoms with Crippen LogP contribution in [0.4, 0.5) is 0 Å². The van der Waals surface area contributed by atoms with E-state index in [0.29, 0.717) is 25.8 Å². The normalized spacial score (nSPS) is 14.6. The Labute approximate surface area is 261 Å². The Bertz CT molecular complexity index is 1040. The monoisotopic (exact) mass is 622 g/mol. The van der Waals surface area contributed by atoms with Gasteiger partial charge in [0.05, 0.1) is 6.61 Å². The average Bonchev–Trinajstić information content (AvgIpc) is 2.93. The second kappa shape index (κ2) is 21.4. The fraction of sp³-hybridized carbons (Fsp3) is 0.750. The van der Waals surface area contributed by atoms with Gasteiger partial charge < -0.3 is 27.1 Å². The number of Topliss-reactive ketones (excluding diaryl/α,β-unsaturated/α-hetero) is 6. The van der Waals surface area contributed by atoms with Gasteiger partial charge in [-0.3, -0.25) is 33.8 Å². The molecule has 0 aromatic heterocycles. The van der Waals surface area contributed by atoms with E-state index in [4.69, 9.17) is 17.2 Å². The van der Waals surface area contributed by atoms with Gasteiger partial charge in [-0.25, -0.2) is 0 Å². The molecule has 5 atom stereocenters. The summed E-state index contributed by atoms with van der Waals surface area (Å²) in [6.45, 7) is 8.25. The van der Waals surface area contributed by atoms with Crippen molar-refractivity contribution in [2.75, 3.05) is 13.2 Å². The van der Waals surface area contributed by atoms with Crippen molar-refractivity contribution in [3.05, 3.63) is 0 Å². The zero-order chi connectivity index (χ0) is 34.0. The number of ketones is 6. The number of amides is 1. The first-order valence-corrected chi connectivity index (χ1v) is 15.6. The highest BCUT2D eigenvalue weighted by molar-refractivity contribution is 5.95. The van der Waals surface area contributed by atoms with Crippen LogP contribution in [0.1, 0.15) is 105 Å². The van der Waals surface area contributed by atoms with Crippen LogP contribution in [0.25, 0.3) is 0 Å². The summed E-state index contributed by atoms with van der Waals surface area (Å²) in [7, 11) is 0. The molecule has 0 rings (SSSR count). The predicted molar refractivity (Wildman–Crippen MR) is 167 cm³/mol. The molecule has 0 bridgehead atoms. The van der Waals surface area contributed by atoms with Gasteiger partial charge in [0.1, 0.15) is 34.7 Å². The van der Waals surface area contributed by atoms with Crippen molar-refractivity contribution in [3.8, 4) is 0 Å². The van der Waals surface area contributed by atoms with Crippen molar-refractivity contribution in [1.29, 1.82) is 0 Å². The highest BCUT2D eigenvalue weighted by Gasteiger charge is 2.32. The lowest BCUT2D eigenvalue weighted by molar-refractivity contribution is -0.135. The van der Waals surface area contributed by atoms with Crippen molar-refractivity contribution >= 4 is 46.6 Å². The molecule has 0 fully saturated rings. The maximum atomic E-state index is 13.6. The first-order chi connectivity index (χ1) is 20.5. The van der Waals surface area contributed by atoms with Gasteiger partial charge in [0.25, 0.3) is 0 Å². The first kappa shape index (κ1) is 40.7. The minimum Gasteiger partial charge on any atom is -0.396 e. The number of rotatable bonds is 26. The van der Waals surface area contributed by atoms with E-state index in [-0.39, 0.29) is 92.2 Å². The lowest BCUT2D eigenvalue weighted by Crippen LogP contribution is -2.30. The minimum absolute atomic E-state index is 0.0184. The fourth-order valence-corrected chi connectivity index (χ4v) is 5.27. The summed E-state index contributed by atoms with van der Waals surface area (Å²) in [5, 5.41) is 9.49. The van der Waals surface area contributed by atoms with Crippen LogP contribution in [-0.2, 0) is 33.6 Å². The number of nitrogens with two attached hydrogens (primary N) is 3. The summed E-state index contributed by atoms with van der Waals surface area (Å²) in [5.74, 6) is -6.03. The van der Waals surface area contributed by atoms with E-state index in [0.717, 1.165) is 0 Å². The Morgan fingerprint density at radius 3 is 1.70 bits per heavy atom. The van der Waals surface area contributed by atoms with Gasteiger partial charge in [-0.1, -0.05) is 27.7 Å². The summed E-state index contributed by atoms with van der Waals surface area (Å²) in [6.07, 6.45) is 0.785. The number of carbonyl (C=O) groups is 7. The topological polar surface area (TPSA) is 230 Å². The number of aliphatic hydroxyl groups is 1. The van der Waals surface area contributed by atoms with Crippen molar-refractivity contribution < 1.29 is 38.7 Å². The summed E-state index contributed by atoms with van der Waals surface area (Å²) >= 11 is 0. The van der Waals surface area contributed by atoms with Gasteiger partial charge in [0.15, 0.2) is 5.96 Å². The molecule has 0 heterocycles. The lowest BCUT2D eigenvalue weighted by Gasteiger charge is -2.23. The van der Waals surface area contributed by atoms with Gasteiger partial charge in [0, 0.05) is 81.1 Å². The number of guanidine groups is 1. The summed E-state index contributed by atoms with van der Waals surface area (Å²) in [5.41, 5.74) is 16.1. The van der Waals surface area contributed by atoms with E-state index in [2.05, 4.69) is 4.99 Å². The van der Waals surface area contributed by atoms with Crippen LogP contribution in [0.3, 0.4) is 0 Å². The number of aliphatic hydroxyl groups excluding tert-OH is 1. The average molecular weight is 623 g/mol. The SMILES string of the molecule is CCC(=O)C(CCCN=C(N)N)CC(=O)C(CC(=O)C(CCC(N)=O)CC(=O)C(C)CC(=O)C(CO)CC(C)=O)CC(C)C. The van der Waals surface area contributed by atoms with E-state index in [1.807, 2.05) is 13.8 Å². The number of primary amides is 1. The molecule has 0 spiro atoms. The van der Waals surface area contributed by atoms with Gasteiger partial charge in [-0.15, -0.1) is 0 Å². The molecule has 5 unspecified atom stereocenters. The van der Waals surface area contributed by atoms with E-state index < -0.39 is 47.9 Å². The van der Waals surface area contributed by atoms with E-state index in [1.54, 1.807) is 13.8 Å². The second-order valence-electron chi connectivity index (χ2n) is 12.4. The molecule has 0 aliphatic carbocycles. The molecule has 12 heteroatoms. The van der Waals surface area contributed by atoms with Gasteiger partial charge >= 0.3 is 0 Å². The molecule has 0 aliphatic heterocycles. The third-order valence-electron chi connectivity index (χ3n) is 7.82. The van der Waals surface area contributed by atoms with Crippen LogP contribution < -0.4 is 17.2 Å². The zero-order valence-corrected chi connectivity index (χ0v) is 27.1. The lowest BCUT2D eigenvalue weighted by atomic mass is 9.79. The molecule has 0 aromatic rings. The molecule has 1 amide bonds. The van der Waals surface area contributed by atoms with Crippen LogP contribution in [0.2, 0.25) is 0 Å². The number of hydrogen-bond acceptors (Lipinski definition) is 9. The molecule has 0 aliphatic rings. The van der Waals surface area contributed by atoms with Crippen LogP contribution in [0.15, 0.2) is 4.99 Å². The molecular weight excluding hydrogens is 568 g/mol. The number of carbonyl (C=O) groups excluding carboxylic acids is 7. The molecular formula is C32H54N4O8. The highest BCUT2D eigenvalue weighted by atomic mass is 16.3. The number of hydrogen-bond donors (Lipinski definition) is 4. The summed E-state index contributed by atoms with van der Waals surface area (Å²) in [4.78, 5) is 92.3. The fourth-order valence-electron chi connectivity index (χ4n) is 5.27. The number of aliphatic imine (C=N–C) groups is 1. The second-order valence-corrected chi connectivity index (χ2v) is 12.4. The Morgan fingerprint density at radius 1 is 0.682 bits per heavy atom. The van der Waals surface area contributed by atoms with E-state index in [9.17, 15) is 38.7 Å². The maximum absolute atomic E-state index is 13.6. The smallest absolute Gasteiger partial charge is 0.217 e. The first-order valence-electron chi connectivity index (χ1n) is 15.6. The van der Waals surface area contributed by atoms with Crippen LogP contribution >= 0.6 is 0 Å². The largest absolute Gasteiger partial charge is 0.396 e. The Hall–Kier alpha value is -3.28. The molecule has 0 aromatic carbocycles. The van der Waals surface area contributed by atoms with Crippen molar-refractivity contribution in [3.63, 3.8) is 0 Å². The Kier molecular flexibility index (Phi) is 19.8. The third kappa shape index (κ3) is 17.1. The molecule has 250 valence electrons. The molecule has 0 saturated carbocycles. The molecule has 0 saturated heterocycles. The van der Waals surface area contributed by atoms with E-state index >= 15 is 0 Å². The molecule has 0 radical (unpaired) electrons. The standard InChI is InChI=1S/C32H54N4O8/c1-6-26(39)22(8-7-11-36-32(34)35)16-30(43)24(12-19(2)3)17-29(42)23(9-10-31(33)44)15-27(40)20(4)13-28(41)25(18-37)14-21(5)38/h19-20,22-25,37H,6-18H2,1-5H3,(H2,33,44)(H4,34,35,36). The van der Waals surface area contributed by atoms with Crippen molar-refractivity contribution in [2.24, 2.45) is 57.7 Å². The van der Waals surface area contributed by atoms with Gasteiger partial charge in [0.2, 0.25) is 5.91 Å². The van der Waals surface area contributed by atoms with Crippen LogP contribution in [-0.4, -0.2) is 64.8 Å². The Balaban J connectivity index is 5.75. The van der Waals surface area contributed by atoms with Gasteiger partial charge in [-0.2, -0.15) is 0 Å². The quantitative estimate of drug-likeness (QED) is 0.0624.